The Morgan fingerprint density at radius 1 is 1.04 bits per heavy atom. The average molecular weight is 325 g/mol. The number of benzene rings is 2. The number of hydrogen-bond donors (Lipinski definition) is 0. The molecular formula is C16H16BF4NO. The maximum absolute atomic E-state index is 9.75. The first-order chi connectivity index (χ1) is 10.8. The van der Waals surface area contributed by atoms with E-state index in [4.69, 9.17) is 4.84 Å². The molecule has 2 aromatic carbocycles. The third kappa shape index (κ3) is 2.80. The molecule has 2 aromatic rings. The van der Waals surface area contributed by atoms with Crippen LogP contribution in [0.1, 0.15) is 36.5 Å². The van der Waals surface area contributed by atoms with E-state index in [9.17, 15) is 17.3 Å². The highest BCUT2D eigenvalue weighted by Gasteiger charge is 2.49. The number of nitrogens with zero attached hydrogens (tertiary/aromatic N) is 1. The summed E-state index contributed by atoms with van der Waals surface area (Å²) >= 11 is 0. The normalized spacial score (nSPS) is 21.8. The van der Waals surface area contributed by atoms with Crippen molar-refractivity contribution in [3.63, 3.8) is 0 Å². The summed E-state index contributed by atoms with van der Waals surface area (Å²) in [7, 11) is -3.97. The summed E-state index contributed by atoms with van der Waals surface area (Å²) in [6.07, 6.45) is 1.23. The van der Waals surface area contributed by atoms with Crippen LogP contribution in [-0.2, 0) is 4.84 Å². The lowest BCUT2D eigenvalue weighted by molar-refractivity contribution is -0.770. The van der Waals surface area contributed by atoms with E-state index in [1.54, 1.807) is 0 Å². The standard InChI is InChI=1S/C16H16NO.BF4/c1-3-13-15-11-8-4-6-10-7-5-9-12(14(10)11)16(15)18-17(13)2;2-1(3,4)5/h4-9,15-16H,3H2,1-2H3;/q+1;-1. The second-order valence-electron chi connectivity index (χ2n) is 5.63. The van der Waals surface area contributed by atoms with Gasteiger partial charge >= 0.3 is 7.25 Å². The molecule has 0 N–H and O–H groups in total. The van der Waals surface area contributed by atoms with Gasteiger partial charge in [0.15, 0.2) is 7.05 Å². The molecule has 1 heterocycles. The Bertz CT molecular complexity index is 776. The molecule has 2 unspecified atom stereocenters. The van der Waals surface area contributed by atoms with Gasteiger partial charge in [0, 0.05) is 12.0 Å². The van der Waals surface area contributed by atoms with Crippen molar-refractivity contribution in [1.29, 1.82) is 0 Å². The maximum atomic E-state index is 9.75. The molecule has 1 aliphatic carbocycles. The van der Waals surface area contributed by atoms with Crippen LogP contribution in [0, 0.1) is 0 Å². The molecule has 0 saturated heterocycles. The van der Waals surface area contributed by atoms with Crippen LogP contribution < -0.4 is 0 Å². The topological polar surface area (TPSA) is 12.2 Å². The van der Waals surface area contributed by atoms with Crippen LogP contribution in [0.25, 0.3) is 10.8 Å². The van der Waals surface area contributed by atoms with Crippen molar-refractivity contribution in [2.45, 2.75) is 25.4 Å². The number of rotatable bonds is 1. The molecule has 122 valence electrons. The molecule has 0 fully saturated rings. The minimum Gasteiger partial charge on any atom is -0.418 e. The van der Waals surface area contributed by atoms with Crippen molar-refractivity contribution in [2.24, 2.45) is 0 Å². The van der Waals surface area contributed by atoms with Crippen LogP contribution in [-0.4, -0.2) is 24.8 Å². The number of hydroxylamine groups is 1. The monoisotopic (exact) mass is 325 g/mol. The van der Waals surface area contributed by atoms with Gasteiger partial charge in [-0.15, -0.1) is 0 Å². The highest BCUT2D eigenvalue weighted by atomic mass is 19.5. The van der Waals surface area contributed by atoms with Gasteiger partial charge in [-0.1, -0.05) is 43.3 Å². The van der Waals surface area contributed by atoms with Crippen LogP contribution in [0.15, 0.2) is 36.4 Å². The first-order valence-electron chi connectivity index (χ1n) is 7.46. The molecule has 4 rings (SSSR count). The molecule has 2 nitrogen and oxygen atoms in total. The molecule has 2 aliphatic rings. The molecule has 0 saturated carbocycles. The van der Waals surface area contributed by atoms with Gasteiger partial charge in [0.2, 0.25) is 11.8 Å². The van der Waals surface area contributed by atoms with E-state index in [0.717, 1.165) is 6.42 Å². The third-order valence-electron chi connectivity index (χ3n) is 4.31. The fourth-order valence-electron chi connectivity index (χ4n) is 3.59. The molecule has 0 spiro atoms. The van der Waals surface area contributed by atoms with Crippen LogP contribution in [0.4, 0.5) is 17.3 Å². The highest BCUT2D eigenvalue weighted by Crippen LogP contribution is 2.50. The second kappa shape index (κ2) is 5.55. The zero-order valence-electron chi connectivity index (χ0n) is 12.8. The summed E-state index contributed by atoms with van der Waals surface area (Å²) in [5.41, 5.74) is 4.18. The Labute approximate surface area is 131 Å². The first kappa shape index (κ1) is 15.8. The molecule has 0 bridgehead atoms. The second-order valence-corrected chi connectivity index (χ2v) is 5.63. The Kier molecular flexibility index (Phi) is 3.82. The fourth-order valence-corrected chi connectivity index (χ4v) is 3.59. The average Bonchev–Trinajstić information content (AvgIpc) is 2.94. The van der Waals surface area contributed by atoms with Crippen molar-refractivity contribution in [2.75, 3.05) is 7.05 Å². The number of fused-ring (bicyclic) bond motifs is 3. The van der Waals surface area contributed by atoms with Gasteiger partial charge in [-0.05, 0) is 21.1 Å². The van der Waals surface area contributed by atoms with Crippen LogP contribution in [0.3, 0.4) is 0 Å². The van der Waals surface area contributed by atoms with E-state index in [-0.39, 0.29) is 6.10 Å². The van der Waals surface area contributed by atoms with Gasteiger partial charge in [-0.2, -0.15) is 0 Å². The number of hydrogen-bond acceptors (Lipinski definition) is 1. The van der Waals surface area contributed by atoms with Crippen LogP contribution >= 0.6 is 0 Å². The van der Waals surface area contributed by atoms with E-state index in [2.05, 4.69) is 43.3 Å². The van der Waals surface area contributed by atoms with E-state index in [0.29, 0.717) is 5.92 Å². The molecular weight excluding hydrogens is 309 g/mol. The minimum atomic E-state index is -6.00. The lowest BCUT2D eigenvalue weighted by Crippen LogP contribution is -2.13. The van der Waals surface area contributed by atoms with E-state index < -0.39 is 7.25 Å². The van der Waals surface area contributed by atoms with Gasteiger partial charge in [0.1, 0.15) is 5.92 Å². The number of halogens is 4. The molecule has 0 radical (unpaired) electrons. The molecule has 1 aliphatic heterocycles. The summed E-state index contributed by atoms with van der Waals surface area (Å²) < 4.78 is 41.0. The van der Waals surface area contributed by atoms with Gasteiger partial charge < -0.3 is 17.3 Å². The fraction of sp³-hybridized carbons (Fsp3) is 0.312. The zero-order valence-corrected chi connectivity index (χ0v) is 12.8. The van der Waals surface area contributed by atoms with Crippen LogP contribution in [0.5, 0.6) is 0 Å². The molecule has 0 amide bonds. The maximum Gasteiger partial charge on any atom is 0.673 e. The van der Waals surface area contributed by atoms with Gasteiger partial charge in [-0.25, -0.2) is 0 Å². The summed E-state index contributed by atoms with van der Waals surface area (Å²) in [5, 5.41) is 2.75. The van der Waals surface area contributed by atoms with Crippen molar-refractivity contribution in [3.8, 4) is 0 Å². The van der Waals surface area contributed by atoms with Gasteiger partial charge in [-0.3, -0.25) is 4.84 Å². The predicted molar refractivity (Wildman–Crippen MR) is 82.2 cm³/mol. The van der Waals surface area contributed by atoms with Crippen molar-refractivity contribution in [3.05, 3.63) is 47.5 Å². The Balaban J connectivity index is 0.000000276. The van der Waals surface area contributed by atoms with Crippen molar-refractivity contribution < 1.29 is 26.8 Å². The Morgan fingerprint density at radius 2 is 1.61 bits per heavy atom. The summed E-state index contributed by atoms with van der Waals surface area (Å²) in [4.78, 5) is 6.06. The largest absolute Gasteiger partial charge is 0.673 e. The van der Waals surface area contributed by atoms with E-state index >= 15 is 0 Å². The first-order valence-corrected chi connectivity index (χ1v) is 7.46. The van der Waals surface area contributed by atoms with E-state index in [1.807, 2.05) is 11.8 Å². The third-order valence-corrected chi connectivity index (χ3v) is 4.31. The smallest absolute Gasteiger partial charge is 0.418 e. The molecule has 7 heteroatoms. The molecule has 0 aromatic heterocycles. The lowest BCUT2D eigenvalue weighted by Gasteiger charge is -2.05. The van der Waals surface area contributed by atoms with Gasteiger partial charge in [0.25, 0.3) is 0 Å². The Hall–Kier alpha value is -2.05. The van der Waals surface area contributed by atoms with Crippen molar-refractivity contribution >= 4 is 23.7 Å². The summed E-state index contributed by atoms with van der Waals surface area (Å²) in [6.45, 7) is 2.21. The van der Waals surface area contributed by atoms with E-state index in [1.165, 1.54) is 27.6 Å². The van der Waals surface area contributed by atoms with Crippen LogP contribution in [0.2, 0.25) is 0 Å². The lowest BCUT2D eigenvalue weighted by atomic mass is 9.92. The summed E-state index contributed by atoms with van der Waals surface area (Å²) in [5.74, 6) is 0.418. The minimum absolute atomic E-state index is 0.186. The highest BCUT2D eigenvalue weighted by molar-refractivity contribution is 6.50. The quantitative estimate of drug-likeness (QED) is 0.420. The molecule has 2 atom stereocenters. The molecule has 23 heavy (non-hydrogen) atoms. The zero-order chi connectivity index (χ0) is 16.8. The Morgan fingerprint density at radius 3 is 2.17 bits per heavy atom. The predicted octanol–water partition coefficient (Wildman–Crippen LogP) is 4.72. The van der Waals surface area contributed by atoms with Gasteiger partial charge in [0.05, 0.1) is 0 Å². The summed E-state index contributed by atoms with van der Waals surface area (Å²) in [6, 6.07) is 13.2. The van der Waals surface area contributed by atoms with Crippen molar-refractivity contribution in [1.82, 2.24) is 0 Å². The SMILES string of the molecule is CCC1=[N+](C)OC2c3cccc4cccc(c34)C12.F[B-](F)(F)F.